The van der Waals surface area contributed by atoms with Crippen molar-refractivity contribution in [1.29, 1.82) is 0 Å². The van der Waals surface area contributed by atoms with Crippen LogP contribution in [0.25, 0.3) is 0 Å². The molecule has 18 heavy (non-hydrogen) atoms. The molecule has 0 N–H and O–H groups in total. The zero-order valence-corrected chi connectivity index (χ0v) is 17.2. The normalized spacial score (nSPS) is 14.7. The monoisotopic (exact) mass is 328 g/mol. The first-order valence-electron chi connectivity index (χ1n) is 5.35. The Labute approximate surface area is 162 Å². The van der Waals surface area contributed by atoms with Crippen LogP contribution in [0.3, 0.4) is 0 Å². The van der Waals surface area contributed by atoms with Crippen molar-refractivity contribution in [3.63, 3.8) is 0 Å². The molecule has 0 aromatic heterocycles. The molecule has 0 saturated carbocycles. The number of rotatable bonds is 4. The molecule has 0 amide bonds. The first-order chi connectivity index (χ1) is 7.74. The Kier molecular flexibility index (Phi) is 9.09. The summed E-state index contributed by atoms with van der Waals surface area (Å²) < 4.78 is 4.77. The standard InChI is InChI=1S/C12H19O2PS2.K/c1-12(2,3)11-7-5-10(6-8-11)9-17-15(13,16)14-4;/h5-8H,9H2,1-4H3,(H,13,16);/q;+1/p-1. The summed E-state index contributed by atoms with van der Waals surface area (Å²) in [5.41, 5.74) is -0.318. The van der Waals surface area contributed by atoms with E-state index in [0.29, 0.717) is 5.75 Å². The predicted octanol–water partition coefficient (Wildman–Crippen LogP) is 0.452. The van der Waals surface area contributed by atoms with Crippen molar-refractivity contribution in [2.24, 2.45) is 0 Å². The van der Waals surface area contributed by atoms with Gasteiger partial charge in [0, 0.05) is 18.6 Å². The molecule has 0 aliphatic carbocycles. The molecule has 1 aromatic carbocycles. The van der Waals surface area contributed by atoms with Gasteiger partial charge in [0.1, 0.15) is 0 Å². The molecule has 0 heterocycles. The van der Waals surface area contributed by atoms with Crippen LogP contribution in [0.2, 0.25) is 0 Å². The Morgan fingerprint density at radius 1 is 1.28 bits per heavy atom. The Bertz CT molecular complexity index is 415. The van der Waals surface area contributed by atoms with Gasteiger partial charge in [0.05, 0.1) is 0 Å². The van der Waals surface area contributed by atoms with E-state index in [4.69, 9.17) is 16.3 Å². The largest absolute Gasteiger partial charge is 1.00 e. The average molecular weight is 328 g/mol. The van der Waals surface area contributed by atoms with Gasteiger partial charge in [-0.25, -0.2) is 0 Å². The molecule has 96 valence electrons. The maximum atomic E-state index is 11.5. The van der Waals surface area contributed by atoms with Gasteiger partial charge in [-0.3, -0.25) is 0 Å². The minimum Gasteiger partial charge on any atom is -0.793 e. The van der Waals surface area contributed by atoms with Gasteiger partial charge in [-0.2, -0.15) is 0 Å². The summed E-state index contributed by atoms with van der Waals surface area (Å²) in [6.07, 6.45) is 0. The van der Waals surface area contributed by atoms with Crippen molar-refractivity contribution in [3.8, 4) is 0 Å². The first kappa shape index (κ1) is 19.8. The molecule has 0 bridgehead atoms. The van der Waals surface area contributed by atoms with E-state index in [9.17, 15) is 4.89 Å². The predicted molar refractivity (Wildman–Crippen MR) is 77.7 cm³/mol. The molecule has 1 aromatic rings. The molecule has 0 radical (unpaired) electrons. The molecule has 0 aliphatic rings. The van der Waals surface area contributed by atoms with Gasteiger partial charge in [-0.15, -0.1) is 11.4 Å². The maximum absolute atomic E-state index is 11.5. The van der Waals surface area contributed by atoms with Crippen molar-refractivity contribution in [3.05, 3.63) is 35.4 Å². The zero-order valence-electron chi connectivity index (χ0n) is 11.6. The van der Waals surface area contributed by atoms with Gasteiger partial charge < -0.3 is 9.42 Å². The second kappa shape index (κ2) is 8.28. The van der Waals surface area contributed by atoms with E-state index >= 15 is 0 Å². The van der Waals surface area contributed by atoms with Gasteiger partial charge >= 0.3 is 51.4 Å². The van der Waals surface area contributed by atoms with Crippen molar-refractivity contribution in [2.45, 2.75) is 31.9 Å². The van der Waals surface area contributed by atoms with Crippen molar-refractivity contribution < 1.29 is 60.8 Å². The smallest absolute Gasteiger partial charge is 0.793 e. The van der Waals surface area contributed by atoms with Crippen LogP contribution < -0.4 is 56.3 Å². The van der Waals surface area contributed by atoms with E-state index in [2.05, 4.69) is 45.0 Å². The molecule has 0 fully saturated rings. The summed E-state index contributed by atoms with van der Waals surface area (Å²) in [6, 6.07) is 8.32. The fraction of sp³-hybridized carbons (Fsp3) is 0.500. The van der Waals surface area contributed by atoms with Gasteiger partial charge in [0.2, 0.25) is 0 Å². The molecule has 0 spiro atoms. The summed E-state index contributed by atoms with van der Waals surface area (Å²) >= 11 is 6.02. The third-order valence-electron chi connectivity index (χ3n) is 2.43. The molecule has 0 saturated heterocycles. The fourth-order valence-corrected chi connectivity index (χ4v) is 3.62. The van der Waals surface area contributed by atoms with E-state index in [-0.39, 0.29) is 56.8 Å². The first-order valence-corrected chi connectivity index (χ1v) is 9.58. The Morgan fingerprint density at radius 2 is 1.78 bits per heavy atom. The van der Waals surface area contributed by atoms with Crippen LogP contribution in [0.4, 0.5) is 0 Å². The van der Waals surface area contributed by atoms with E-state index in [1.54, 1.807) is 0 Å². The number of hydrogen-bond acceptors (Lipinski definition) is 4. The summed E-state index contributed by atoms with van der Waals surface area (Å²) in [7, 11) is 1.39. The third-order valence-corrected chi connectivity index (χ3v) is 6.84. The van der Waals surface area contributed by atoms with Crippen molar-refractivity contribution in [1.82, 2.24) is 0 Å². The van der Waals surface area contributed by atoms with Gasteiger partial charge in [-0.05, 0) is 16.5 Å². The quantitative estimate of drug-likeness (QED) is 0.593. The third kappa shape index (κ3) is 6.98. The number of hydrogen-bond donors (Lipinski definition) is 0. The van der Waals surface area contributed by atoms with Crippen LogP contribution in [-0.2, 0) is 27.5 Å². The van der Waals surface area contributed by atoms with Crippen LogP contribution in [0.5, 0.6) is 0 Å². The van der Waals surface area contributed by atoms with Gasteiger partial charge in [0.15, 0.2) is 0 Å². The summed E-state index contributed by atoms with van der Waals surface area (Å²) in [6.45, 7) is 6.54. The molecule has 1 unspecified atom stereocenters. The second-order valence-corrected chi connectivity index (χ2v) is 11.0. The minimum atomic E-state index is -2.88. The topological polar surface area (TPSA) is 32.3 Å². The Morgan fingerprint density at radius 3 is 2.17 bits per heavy atom. The van der Waals surface area contributed by atoms with Crippen LogP contribution >= 0.6 is 17.1 Å². The van der Waals surface area contributed by atoms with Gasteiger partial charge in [0.25, 0.3) is 0 Å². The average Bonchev–Trinajstić information content (AvgIpc) is 2.26. The van der Waals surface area contributed by atoms with E-state index in [1.165, 1.54) is 24.1 Å². The zero-order chi connectivity index (χ0) is 13.1. The SMILES string of the molecule is COP([O-])(=S)SCc1ccc(C(C)(C)C)cc1.[K+]. The summed E-state index contributed by atoms with van der Waals surface area (Å²) in [5, 5.41) is 0. The molecule has 0 aliphatic heterocycles. The minimum absolute atomic E-state index is 0. The van der Waals surface area contributed by atoms with E-state index in [1.807, 2.05) is 0 Å². The van der Waals surface area contributed by atoms with Crippen LogP contribution in [0.15, 0.2) is 24.3 Å². The molecule has 6 heteroatoms. The van der Waals surface area contributed by atoms with Crippen LogP contribution in [0.1, 0.15) is 31.9 Å². The second-order valence-electron chi connectivity index (χ2n) is 4.85. The Hall–Kier alpha value is 1.78. The molecule has 1 atom stereocenters. The molecule has 1 rings (SSSR count). The molecular weight excluding hydrogens is 310 g/mol. The summed E-state index contributed by atoms with van der Waals surface area (Å²) in [5.74, 6) is 0.624. The molecular formula is C12H18KO2PS2. The van der Waals surface area contributed by atoms with Crippen molar-refractivity contribution in [2.75, 3.05) is 7.11 Å². The van der Waals surface area contributed by atoms with E-state index < -0.39 is 5.69 Å². The number of benzene rings is 1. The Balaban J connectivity index is 0.00000289. The van der Waals surface area contributed by atoms with Crippen LogP contribution in [0, 0.1) is 0 Å². The maximum Gasteiger partial charge on any atom is 1.00 e. The fourth-order valence-electron chi connectivity index (χ4n) is 1.31. The molecule has 2 nitrogen and oxygen atoms in total. The van der Waals surface area contributed by atoms with Gasteiger partial charge in [-0.1, -0.05) is 56.8 Å². The van der Waals surface area contributed by atoms with Crippen LogP contribution in [-0.4, -0.2) is 7.11 Å². The summed E-state index contributed by atoms with van der Waals surface area (Å²) in [4.78, 5) is 11.5. The van der Waals surface area contributed by atoms with Crippen molar-refractivity contribution >= 4 is 28.9 Å². The van der Waals surface area contributed by atoms with E-state index in [0.717, 1.165) is 5.56 Å².